The van der Waals surface area contributed by atoms with Gasteiger partial charge in [-0.05, 0) is 48.4 Å². The van der Waals surface area contributed by atoms with Crippen molar-refractivity contribution in [3.63, 3.8) is 0 Å². The summed E-state index contributed by atoms with van der Waals surface area (Å²) in [5.41, 5.74) is 4.90. The third-order valence-electron chi connectivity index (χ3n) is 8.78. The number of piperazine rings is 1. The molecule has 8 heteroatoms. The van der Waals surface area contributed by atoms with Crippen LogP contribution in [0.2, 0.25) is 0 Å². The number of hydrogen-bond donors (Lipinski definition) is 5. The maximum Gasteiger partial charge on any atom is 0.236 e. The van der Waals surface area contributed by atoms with Crippen LogP contribution >= 0.6 is 0 Å². The van der Waals surface area contributed by atoms with Gasteiger partial charge in [-0.25, -0.2) is 0 Å². The van der Waals surface area contributed by atoms with E-state index in [1.54, 1.807) is 0 Å². The molecule has 5 N–H and O–H groups in total. The average Bonchev–Trinajstić information content (AvgIpc) is 2.99. The van der Waals surface area contributed by atoms with Gasteiger partial charge in [0.2, 0.25) is 5.91 Å². The van der Waals surface area contributed by atoms with Crippen LogP contribution in [0.25, 0.3) is 0 Å². The van der Waals surface area contributed by atoms with Crippen LogP contribution in [0.15, 0.2) is 48.5 Å². The standard InChI is InChI=1S/C32H47N5O3/c1-2-24-11-12-27-26(19-24)28(20-32(36-27)13-7-4-8-14-32)34-21-29(38)31(40-23-25-9-5-3-6-10-25)35-30(39)22-37-17-15-33-16-18-37/h3,5-6,9-12,19,28-29,31,33-34,36,38H,2,4,7-8,13-18,20-23H2,1H3,(H,35,39)/t28-,29+,31-/m0/s1. The highest BCUT2D eigenvalue weighted by Gasteiger charge is 2.40. The van der Waals surface area contributed by atoms with Crippen molar-refractivity contribution in [3.05, 3.63) is 65.2 Å². The van der Waals surface area contributed by atoms with Crippen molar-refractivity contribution in [3.8, 4) is 0 Å². The Labute approximate surface area is 239 Å². The predicted molar refractivity (Wildman–Crippen MR) is 159 cm³/mol. The van der Waals surface area contributed by atoms with Gasteiger partial charge in [0.15, 0.2) is 6.23 Å². The van der Waals surface area contributed by atoms with E-state index in [-0.39, 0.29) is 17.5 Å². The first-order valence-electron chi connectivity index (χ1n) is 15.2. The third kappa shape index (κ3) is 7.62. The van der Waals surface area contributed by atoms with E-state index in [0.29, 0.717) is 19.7 Å². The second-order valence-corrected chi connectivity index (χ2v) is 11.8. The first kappa shape index (κ1) is 29.0. The molecule has 218 valence electrons. The molecule has 0 unspecified atom stereocenters. The third-order valence-corrected chi connectivity index (χ3v) is 8.78. The number of aliphatic hydroxyl groups excluding tert-OH is 1. The number of anilines is 1. The highest BCUT2D eigenvalue weighted by molar-refractivity contribution is 5.78. The summed E-state index contributed by atoms with van der Waals surface area (Å²) in [6.45, 7) is 6.56. The number of benzene rings is 2. The van der Waals surface area contributed by atoms with Crippen molar-refractivity contribution in [1.82, 2.24) is 20.9 Å². The van der Waals surface area contributed by atoms with Crippen molar-refractivity contribution in [2.24, 2.45) is 0 Å². The van der Waals surface area contributed by atoms with Gasteiger partial charge in [0, 0.05) is 50.0 Å². The van der Waals surface area contributed by atoms with Crippen molar-refractivity contribution < 1.29 is 14.6 Å². The Morgan fingerprint density at radius 3 is 2.62 bits per heavy atom. The zero-order valence-electron chi connectivity index (χ0n) is 24.0. The number of aryl methyl sites for hydroxylation is 1. The summed E-state index contributed by atoms with van der Waals surface area (Å²) in [5, 5.41) is 25.3. The fraction of sp³-hybridized carbons (Fsp3) is 0.594. The summed E-state index contributed by atoms with van der Waals surface area (Å²) in [4.78, 5) is 15.1. The molecule has 2 heterocycles. The number of ether oxygens (including phenoxy) is 1. The Hall–Kier alpha value is -2.49. The zero-order chi connectivity index (χ0) is 27.8. The molecule has 2 aromatic carbocycles. The number of amides is 1. The van der Waals surface area contributed by atoms with E-state index in [0.717, 1.165) is 44.6 Å². The molecule has 0 bridgehead atoms. The molecule has 3 atom stereocenters. The molecule has 1 saturated carbocycles. The topological polar surface area (TPSA) is 97.9 Å². The fourth-order valence-electron chi connectivity index (χ4n) is 6.47. The normalized spacial score (nSPS) is 22.2. The number of hydrogen-bond acceptors (Lipinski definition) is 7. The van der Waals surface area contributed by atoms with Crippen molar-refractivity contribution in [2.45, 2.75) is 82.4 Å². The van der Waals surface area contributed by atoms with E-state index < -0.39 is 12.3 Å². The average molecular weight is 550 g/mol. The number of nitrogens with zero attached hydrogens (tertiary/aromatic N) is 1. The van der Waals surface area contributed by atoms with Crippen LogP contribution in [0.5, 0.6) is 0 Å². The number of carbonyl (C=O) groups is 1. The molecule has 8 nitrogen and oxygen atoms in total. The van der Waals surface area contributed by atoms with E-state index in [1.165, 1.54) is 48.9 Å². The maximum absolute atomic E-state index is 13.0. The predicted octanol–water partition coefficient (Wildman–Crippen LogP) is 3.32. The van der Waals surface area contributed by atoms with Gasteiger partial charge in [-0.3, -0.25) is 9.69 Å². The molecule has 2 fully saturated rings. The Balaban J connectivity index is 1.27. The lowest BCUT2D eigenvalue weighted by atomic mass is 9.73. The number of fused-ring (bicyclic) bond motifs is 1. The minimum absolute atomic E-state index is 0.0995. The Kier molecular flexibility index (Phi) is 10.1. The van der Waals surface area contributed by atoms with E-state index in [2.05, 4.69) is 51.3 Å². The fourth-order valence-corrected chi connectivity index (χ4v) is 6.47. The van der Waals surface area contributed by atoms with Crippen molar-refractivity contribution in [1.29, 1.82) is 0 Å². The molecular formula is C32H47N5O3. The van der Waals surface area contributed by atoms with Crippen LogP contribution in [0.3, 0.4) is 0 Å². The van der Waals surface area contributed by atoms with E-state index in [1.807, 2.05) is 30.3 Å². The van der Waals surface area contributed by atoms with Gasteiger partial charge >= 0.3 is 0 Å². The molecule has 1 aliphatic carbocycles. The second-order valence-electron chi connectivity index (χ2n) is 11.8. The quantitative estimate of drug-likeness (QED) is 0.274. The molecule has 2 aromatic rings. The van der Waals surface area contributed by atoms with E-state index in [4.69, 9.17) is 4.74 Å². The summed E-state index contributed by atoms with van der Waals surface area (Å²) >= 11 is 0. The number of carbonyl (C=O) groups excluding carboxylic acids is 1. The molecule has 3 aliphatic rings. The summed E-state index contributed by atoms with van der Waals surface area (Å²) < 4.78 is 6.14. The van der Waals surface area contributed by atoms with Crippen LogP contribution in [0, 0.1) is 0 Å². The molecule has 2 aliphatic heterocycles. The minimum atomic E-state index is -0.898. The van der Waals surface area contributed by atoms with E-state index >= 15 is 0 Å². The maximum atomic E-state index is 13.0. The molecule has 1 amide bonds. The lowest BCUT2D eigenvalue weighted by Gasteiger charge is -2.46. The molecule has 5 rings (SSSR count). The number of nitrogens with one attached hydrogen (secondary N) is 4. The van der Waals surface area contributed by atoms with Crippen molar-refractivity contribution >= 4 is 11.6 Å². The number of aliphatic hydroxyl groups is 1. The smallest absolute Gasteiger partial charge is 0.236 e. The van der Waals surface area contributed by atoms with Gasteiger partial charge < -0.3 is 31.1 Å². The summed E-state index contributed by atoms with van der Waals surface area (Å²) in [6.07, 6.45) is 6.42. The van der Waals surface area contributed by atoms with Crippen molar-refractivity contribution in [2.75, 3.05) is 44.6 Å². The van der Waals surface area contributed by atoms with Crippen LogP contribution in [0.4, 0.5) is 5.69 Å². The largest absolute Gasteiger partial charge is 0.387 e. The summed E-state index contributed by atoms with van der Waals surface area (Å²) in [6, 6.07) is 16.8. The highest BCUT2D eigenvalue weighted by atomic mass is 16.5. The molecule has 1 saturated heterocycles. The van der Waals surface area contributed by atoms with Gasteiger partial charge in [-0.15, -0.1) is 0 Å². The van der Waals surface area contributed by atoms with Gasteiger partial charge in [-0.1, -0.05) is 68.7 Å². The van der Waals surface area contributed by atoms with E-state index in [9.17, 15) is 9.90 Å². The second kappa shape index (κ2) is 13.9. The van der Waals surface area contributed by atoms with Gasteiger partial charge in [0.05, 0.1) is 13.2 Å². The molecule has 0 aromatic heterocycles. The first-order chi connectivity index (χ1) is 19.5. The first-order valence-corrected chi connectivity index (χ1v) is 15.2. The highest BCUT2D eigenvalue weighted by Crippen LogP contribution is 2.44. The summed E-state index contributed by atoms with van der Waals surface area (Å²) in [7, 11) is 0. The monoisotopic (exact) mass is 549 g/mol. The molecular weight excluding hydrogens is 502 g/mol. The lowest BCUT2D eigenvalue weighted by molar-refractivity contribution is -0.132. The molecule has 1 spiro atoms. The Bertz CT molecular complexity index is 1090. The van der Waals surface area contributed by atoms with Gasteiger partial charge in [0.1, 0.15) is 6.10 Å². The van der Waals surface area contributed by atoms with Crippen LogP contribution in [-0.2, 0) is 22.6 Å². The van der Waals surface area contributed by atoms with Crippen LogP contribution in [0.1, 0.15) is 68.2 Å². The van der Waals surface area contributed by atoms with Gasteiger partial charge in [-0.2, -0.15) is 0 Å². The van der Waals surface area contributed by atoms with Crippen LogP contribution < -0.4 is 21.3 Å². The molecule has 0 radical (unpaired) electrons. The zero-order valence-corrected chi connectivity index (χ0v) is 24.0. The lowest BCUT2D eigenvalue weighted by Crippen LogP contribution is -2.54. The number of rotatable bonds is 11. The Morgan fingerprint density at radius 2 is 1.88 bits per heavy atom. The minimum Gasteiger partial charge on any atom is -0.387 e. The molecule has 40 heavy (non-hydrogen) atoms. The van der Waals surface area contributed by atoms with Crippen LogP contribution in [-0.4, -0.2) is 73.1 Å². The SMILES string of the molecule is CCc1ccc2c(c1)[C@@H](NC[C@@H](O)[C@@H](NC(=O)CN1CCNCC1)OCc1ccccc1)CC1(CCCCC1)N2. The Morgan fingerprint density at radius 1 is 1.10 bits per heavy atom. The summed E-state index contributed by atoms with van der Waals surface area (Å²) in [5.74, 6) is -0.125. The van der Waals surface area contributed by atoms with Gasteiger partial charge in [0.25, 0.3) is 0 Å².